The van der Waals surface area contributed by atoms with Crippen LogP contribution in [0.25, 0.3) is 0 Å². The quantitative estimate of drug-likeness (QED) is 0.825. The fraction of sp³-hybridized carbons (Fsp3) is 0.538. The van der Waals surface area contributed by atoms with Gasteiger partial charge in [-0.25, -0.2) is 0 Å². The Bertz CT molecular complexity index is 434. The molecule has 5 heteroatoms. The van der Waals surface area contributed by atoms with E-state index in [-0.39, 0.29) is 11.9 Å². The van der Waals surface area contributed by atoms with Crippen LogP contribution in [0, 0.1) is 17.2 Å². The van der Waals surface area contributed by atoms with E-state index in [0.717, 1.165) is 11.3 Å². The van der Waals surface area contributed by atoms with Gasteiger partial charge in [0.25, 0.3) is 0 Å². The lowest BCUT2D eigenvalue weighted by Crippen LogP contribution is -2.43. The molecule has 0 spiro atoms. The number of hydrogen-bond donors (Lipinski definition) is 2. The average molecular weight is 265 g/mol. The summed E-state index contributed by atoms with van der Waals surface area (Å²) in [5.41, 5.74) is 0.678. The number of thiophene rings is 1. The Morgan fingerprint density at radius 1 is 1.56 bits per heavy atom. The first-order chi connectivity index (χ1) is 8.56. The third-order valence-electron chi connectivity index (χ3n) is 2.58. The van der Waals surface area contributed by atoms with Gasteiger partial charge in [0.1, 0.15) is 6.07 Å². The minimum Gasteiger partial charge on any atom is -0.358 e. The molecule has 0 saturated carbocycles. The van der Waals surface area contributed by atoms with Gasteiger partial charge in [0.05, 0.1) is 11.6 Å². The summed E-state index contributed by atoms with van der Waals surface area (Å²) in [5, 5.41) is 16.5. The summed E-state index contributed by atoms with van der Waals surface area (Å²) >= 11 is 1.54. The molecule has 1 amide bonds. The van der Waals surface area contributed by atoms with Gasteiger partial charge in [-0.3, -0.25) is 4.79 Å². The second-order valence-corrected chi connectivity index (χ2v) is 5.59. The number of carbonyl (C=O) groups excluding carboxylic acids is 1. The molecule has 0 aromatic carbocycles. The largest absolute Gasteiger partial charge is 0.358 e. The molecule has 0 aliphatic heterocycles. The lowest BCUT2D eigenvalue weighted by atomic mass is 10.0. The van der Waals surface area contributed by atoms with E-state index in [1.54, 1.807) is 7.05 Å². The molecule has 18 heavy (non-hydrogen) atoms. The summed E-state index contributed by atoms with van der Waals surface area (Å²) in [6.07, 6.45) is 0.802. The van der Waals surface area contributed by atoms with Crippen molar-refractivity contribution in [3.05, 3.63) is 21.9 Å². The topological polar surface area (TPSA) is 64.9 Å². The van der Waals surface area contributed by atoms with Crippen LogP contribution in [0.1, 0.15) is 30.7 Å². The average Bonchev–Trinajstić information content (AvgIpc) is 2.81. The van der Waals surface area contributed by atoms with Crippen molar-refractivity contribution in [2.24, 2.45) is 5.92 Å². The Kier molecular flexibility index (Phi) is 5.83. The molecule has 98 valence electrons. The van der Waals surface area contributed by atoms with Crippen molar-refractivity contribution in [3.63, 3.8) is 0 Å². The summed E-state index contributed by atoms with van der Waals surface area (Å²) < 4.78 is 0. The lowest BCUT2D eigenvalue weighted by Gasteiger charge is -2.18. The van der Waals surface area contributed by atoms with Crippen LogP contribution >= 0.6 is 11.3 Å². The van der Waals surface area contributed by atoms with E-state index in [1.165, 1.54) is 11.3 Å². The zero-order valence-corrected chi connectivity index (χ0v) is 11.8. The van der Waals surface area contributed by atoms with Crippen LogP contribution in [-0.4, -0.2) is 19.0 Å². The Labute approximate surface area is 112 Å². The molecule has 1 atom stereocenters. The van der Waals surface area contributed by atoms with Gasteiger partial charge in [-0.05, 0) is 18.4 Å². The number of nitrogens with zero attached hydrogens (tertiary/aromatic N) is 1. The van der Waals surface area contributed by atoms with Gasteiger partial charge in [-0.1, -0.05) is 13.8 Å². The Morgan fingerprint density at radius 3 is 2.78 bits per heavy atom. The van der Waals surface area contributed by atoms with Gasteiger partial charge in [-0.15, -0.1) is 11.3 Å². The fourth-order valence-electron chi connectivity index (χ4n) is 1.68. The van der Waals surface area contributed by atoms with E-state index in [0.29, 0.717) is 18.0 Å². The highest BCUT2D eigenvalue weighted by molar-refractivity contribution is 7.10. The van der Waals surface area contributed by atoms with E-state index in [1.807, 2.05) is 11.4 Å². The summed E-state index contributed by atoms with van der Waals surface area (Å²) in [7, 11) is 1.65. The zero-order chi connectivity index (χ0) is 13.5. The van der Waals surface area contributed by atoms with Crippen LogP contribution in [0.2, 0.25) is 0 Å². The first kappa shape index (κ1) is 14.7. The minimum atomic E-state index is -0.178. The monoisotopic (exact) mass is 265 g/mol. The Hall–Kier alpha value is -1.38. The second kappa shape index (κ2) is 7.14. The van der Waals surface area contributed by atoms with Crippen molar-refractivity contribution in [1.82, 2.24) is 10.6 Å². The molecule has 4 nitrogen and oxygen atoms in total. The number of likely N-dealkylation sites (N-methyl/N-ethyl adjacent to an activating group) is 1. The lowest BCUT2D eigenvalue weighted by molar-refractivity contribution is -0.123. The van der Waals surface area contributed by atoms with Crippen LogP contribution < -0.4 is 10.6 Å². The van der Waals surface area contributed by atoms with Crippen molar-refractivity contribution in [3.8, 4) is 6.07 Å². The molecule has 0 fully saturated rings. The fourth-order valence-corrected chi connectivity index (χ4v) is 2.45. The van der Waals surface area contributed by atoms with Crippen LogP contribution in [-0.2, 0) is 11.3 Å². The maximum atomic E-state index is 11.7. The van der Waals surface area contributed by atoms with Gasteiger partial charge in [0.15, 0.2) is 0 Å². The number of rotatable bonds is 6. The number of nitrogens with one attached hydrogen (secondary N) is 2. The third-order valence-corrected chi connectivity index (χ3v) is 3.51. The van der Waals surface area contributed by atoms with Crippen LogP contribution in [0.4, 0.5) is 0 Å². The van der Waals surface area contributed by atoms with Crippen molar-refractivity contribution in [2.45, 2.75) is 32.9 Å². The second-order valence-electron chi connectivity index (χ2n) is 4.59. The molecule has 0 aliphatic rings. The van der Waals surface area contributed by atoms with Crippen molar-refractivity contribution in [2.75, 3.05) is 7.05 Å². The summed E-state index contributed by atoms with van der Waals surface area (Å²) in [6, 6.07) is 3.78. The van der Waals surface area contributed by atoms with Crippen molar-refractivity contribution >= 4 is 17.2 Å². The molecule has 1 rings (SSSR count). The predicted octanol–water partition coefficient (Wildman–Crippen LogP) is 1.87. The third kappa shape index (κ3) is 4.47. The number of carbonyl (C=O) groups is 1. The van der Waals surface area contributed by atoms with Crippen LogP contribution in [0.3, 0.4) is 0 Å². The standard InChI is InChI=1S/C13H19N3OS/c1-9(2)4-12(13(17)15-3)16-7-11-5-10(6-14)8-18-11/h5,8-9,12,16H,4,7H2,1-3H3,(H,15,17). The molecular weight excluding hydrogens is 246 g/mol. The maximum absolute atomic E-state index is 11.7. The Morgan fingerprint density at radius 2 is 2.28 bits per heavy atom. The first-order valence-electron chi connectivity index (χ1n) is 5.99. The number of hydrogen-bond acceptors (Lipinski definition) is 4. The molecule has 1 unspecified atom stereocenters. The smallest absolute Gasteiger partial charge is 0.236 e. The van der Waals surface area contributed by atoms with E-state index >= 15 is 0 Å². The minimum absolute atomic E-state index is 0.0146. The molecule has 1 aromatic heterocycles. The van der Waals surface area contributed by atoms with E-state index < -0.39 is 0 Å². The summed E-state index contributed by atoms with van der Waals surface area (Å²) in [6.45, 7) is 4.81. The van der Waals surface area contributed by atoms with E-state index in [4.69, 9.17) is 5.26 Å². The van der Waals surface area contributed by atoms with Crippen molar-refractivity contribution < 1.29 is 4.79 Å². The first-order valence-corrected chi connectivity index (χ1v) is 6.87. The molecule has 0 saturated heterocycles. The van der Waals surface area contributed by atoms with Crippen LogP contribution in [0.5, 0.6) is 0 Å². The predicted molar refractivity (Wildman–Crippen MR) is 73.2 cm³/mol. The molecule has 0 bridgehead atoms. The highest BCUT2D eigenvalue weighted by Gasteiger charge is 2.18. The zero-order valence-electron chi connectivity index (χ0n) is 11.0. The number of amides is 1. The molecule has 0 radical (unpaired) electrons. The normalized spacial score (nSPS) is 12.2. The van der Waals surface area contributed by atoms with Gasteiger partial charge in [-0.2, -0.15) is 5.26 Å². The summed E-state index contributed by atoms with van der Waals surface area (Å²) in [4.78, 5) is 12.8. The molecule has 1 aromatic rings. The van der Waals surface area contributed by atoms with E-state index in [9.17, 15) is 4.79 Å². The maximum Gasteiger partial charge on any atom is 0.236 e. The van der Waals surface area contributed by atoms with Gasteiger partial charge in [0, 0.05) is 23.8 Å². The van der Waals surface area contributed by atoms with Crippen molar-refractivity contribution in [1.29, 1.82) is 5.26 Å². The summed E-state index contributed by atoms with van der Waals surface area (Å²) in [5.74, 6) is 0.471. The Balaban J connectivity index is 2.56. The van der Waals surface area contributed by atoms with E-state index in [2.05, 4.69) is 30.6 Å². The van der Waals surface area contributed by atoms with Gasteiger partial charge < -0.3 is 10.6 Å². The highest BCUT2D eigenvalue weighted by atomic mass is 32.1. The van der Waals surface area contributed by atoms with Crippen LogP contribution in [0.15, 0.2) is 11.4 Å². The number of nitriles is 1. The SMILES string of the molecule is CNC(=O)C(CC(C)C)NCc1cc(C#N)cs1. The molecule has 0 aliphatic carbocycles. The van der Waals surface area contributed by atoms with Gasteiger partial charge >= 0.3 is 0 Å². The van der Waals surface area contributed by atoms with Gasteiger partial charge in [0.2, 0.25) is 5.91 Å². The molecule has 1 heterocycles. The molecular formula is C13H19N3OS. The molecule has 2 N–H and O–H groups in total. The highest BCUT2D eigenvalue weighted by Crippen LogP contribution is 2.14.